The normalized spacial score (nSPS) is 18.1. The first kappa shape index (κ1) is 16.8. The highest BCUT2D eigenvalue weighted by atomic mass is 16.5. The lowest BCUT2D eigenvalue weighted by Gasteiger charge is -2.32. The van der Waals surface area contributed by atoms with Gasteiger partial charge in [0.2, 0.25) is 11.7 Å². The van der Waals surface area contributed by atoms with Crippen LogP contribution < -0.4 is 0 Å². The van der Waals surface area contributed by atoms with E-state index in [9.17, 15) is 0 Å². The molecule has 1 aliphatic rings. The summed E-state index contributed by atoms with van der Waals surface area (Å²) in [6.45, 7) is 3.20. The highest BCUT2D eigenvalue weighted by Gasteiger charge is 2.21. The predicted octanol–water partition coefficient (Wildman–Crippen LogP) is 3.37. The van der Waals surface area contributed by atoms with E-state index in [0.717, 1.165) is 43.7 Å². The predicted molar refractivity (Wildman–Crippen MR) is 98.1 cm³/mol. The molecule has 0 spiro atoms. The molecule has 0 radical (unpaired) electrons. The molecular weight excluding hydrogens is 326 g/mol. The Morgan fingerprint density at radius 1 is 1.15 bits per heavy atom. The first-order valence-electron chi connectivity index (χ1n) is 9.22. The molecule has 0 saturated carbocycles. The standard InChI is InChI=1S/C20H23N5O/c1-2-11-22-18(7-1)15-25-12-4-5-16(14-25)8-9-19-23-20(24-26-19)17-6-3-10-21-13-17/h1-3,6-7,10-11,13,16H,4-5,8-9,12,14-15H2. The Kier molecular flexibility index (Phi) is 5.30. The van der Waals surface area contributed by atoms with Gasteiger partial charge in [-0.2, -0.15) is 4.98 Å². The van der Waals surface area contributed by atoms with E-state index in [2.05, 4.69) is 37.1 Å². The van der Waals surface area contributed by atoms with Crippen molar-refractivity contribution in [3.8, 4) is 11.4 Å². The third kappa shape index (κ3) is 4.32. The third-order valence-corrected chi connectivity index (χ3v) is 4.87. The zero-order valence-electron chi connectivity index (χ0n) is 14.8. The number of likely N-dealkylation sites (tertiary alicyclic amines) is 1. The topological polar surface area (TPSA) is 67.9 Å². The molecule has 26 heavy (non-hydrogen) atoms. The molecule has 0 aromatic carbocycles. The molecule has 0 N–H and O–H groups in total. The van der Waals surface area contributed by atoms with Crippen molar-refractivity contribution in [3.63, 3.8) is 0 Å². The summed E-state index contributed by atoms with van der Waals surface area (Å²) >= 11 is 0. The molecule has 3 aromatic heterocycles. The fourth-order valence-corrected chi connectivity index (χ4v) is 3.55. The van der Waals surface area contributed by atoms with E-state index in [1.165, 1.54) is 12.8 Å². The van der Waals surface area contributed by atoms with Gasteiger partial charge in [0.05, 0.1) is 5.69 Å². The Labute approximate surface area is 153 Å². The Morgan fingerprint density at radius 3 is 3.00 bits per heavy atom. The molecular formula is C20H23N5O. The monoisotopic (exact) mass is 349 g/mol. The van der Waals surface area contributed by atoms with E-state index >= 15 is 0 Å². The molecule has 1 unspecified atom stereocenters. The van der Waals surface area contributed by atoms with Gasteiger partial charge in [-0.3, -0.25) is 14.9 Å². The number of aryl methyl sites for hydroxylation is 1. The van der Waals surface area contributed by atoms with Crippen LogP contribution in [0.25, 0.3) is 11.4 Å². The quantitative estimate of drug-likeness (QED) is 0.680. The second kappa shape index (κ2) is 8.19. The maximum atomic E-state index is 5.42. The maximum Gasteiger partial charge on any atom is 0.226 e. The van der Waals surface area contributed by atoms with Gasteiger partial charge in [-0.15, -0.1) is 0 Å². The van der Waals surface area contributed by atoms with Crippen LogP contribution >= 0.6 is 0 Å². The van der Waals surface area contributed by atoms with Crippen molar-refractivity contribution in [2.75, 3.05) is 13.1 Å². The molecule has 4 rings (SSSR count). The van der Waals surface area contributed by atoms with E-state index in [4.69, 9.17) is 4.52 Å². The van der Waals surface area contributed by atoms with Gasteiger partial charge < -0.3 is 4.52 Å². The number of nitrogens with zero attached hydrogens (tertiary/aromatic N) is 5. The van der Waals surface area contributed by atoms with E-state index < -0.39 is 0 Å². The average Bonchev–Trinajstić information content (AvgIpc) is 3.17. The highest BCUT2D eigenvalue weighted by Crippen LogP contribution is 2.23. The summed E-state index contributed by atoms with van der Waals surface area (Å²) in [5.74, 6) is 2.00. The smallest absolute Gasteiger partial charge is 0.226 e. The molecule has 4 heterocycles. The van der Waals surface area contributed by atoms with Gasteiger partial charge in [-0.25, -0.2) is 0 Å². The zero-order chi connectivity index (χ0) is 17.6. The van der Waals surface area contributed by atoms with Crippen LogP contribution in [0.4, 0.5) is 0 Å². The van der Waals surface area contributed by atoms with Crippen molar-refractivity contribution in [2.45, 2.75) is 32.2 Å². The van der Waals surface area contributed by atoms with Crippen molar-refractivity contribution in [1.29, 1.82) is 0 Å². The minimum absolute atomic E-state index is 0.619. The van der Waals surface area contributed by atoms with Crippen LogP contribution in [0.1, 0.15) is 30.8 Å². The first-order chi connectivity index (χ1) is 12.9. The second-order valence-electron chi connectivity index (χ2n) is 6.86. The van der Waals surface area contributed by atoms with Crippen LogP contribution in [0.5, 0.6) is 0 Å². The van der Waals surface area contributed by atoms with Gasteiger partial charge in [0, 0.05) is 43.7 Å². The average molecular weight is 349 g/mol. The summed E-state index contributed by atoms with van der Waals surface area (Å²) in [6.07, 6.45) is 9.77. The van der Waals surface area contributed by atoms with Crippen LogP contribution in [-0.2, 0) is 13.0 Å². The summed E-state index contributed by atoms with van der Waals surface area (Å²) in [5.41, 5.74) is 2.04. The van der Waals surface area contributed by atoms with Crippen LogP contribution in [0, 0.1) is 5.92 Å². The zero-order valence-corrected chi connectivity index (χ0v) is 14.8. The molecule has 0 aliphatic carbocycles. The van der Waals surface area contributed by atoms with Gasteiger partial charge in [0.15, 0.2) is 0 Å². The second-order valence-corrected chi connectivity index (χ2v) is 6.86. The van der Waals surface area contributed by atoms with Gasteiger partial charge in [0.25, 0.3) is 0 Å². The minimum Gasteiger partial charge on any atom is -0.339 e. The summed E-state index contributed by atoms with van der Waals surface area (Å²) in [5, 5.41) is 4.08. The molecule has 1 atom stereocenters. The summed E-state index contributed by atoms with van der Waals surface area (Å²) < 4.78 is 5.42. The summed E-state index contributed by atoms with van der Waals surface area (Å²) in [4.78, 5) is 15.6. The van der Waals surface area contributed by atoms with Crippen LogP contribution in [0.2, 0.25) is 0 Å². The van der Waals surface area contributed by atoms with E-state index in [-0.39, 0.29) is 0 Å². The van der Waals surface area contributed by atoms with Gasteiger partial charge in [-0.05, 0) is 56.0 Å². The fourth-order valence-electron chi connectivity index (χ4n) is 3.55. The molecule has 3 aromatic rings. The number of rotatable bonds is 6. The maximum absolute atomic E-state index is 5.42. The van der Waals surface area contributed by atoms with Crippen LogP contribution in [0.3, 0.4) is 0 Å². The summed E-state index contributed by atoms with van der Waals surface area (Å²) in [6, 6.07) is 9.94. The molecule has 6 nitrogen and oxygen atoms in total. The number of hydrogen-bond donors (Lipinski definition) is 0. The van der Waals surface area contributed by atoms with E-state index in [1.54, 1.807) is 12.4 Å². The molecule has 1 saturated heterocycles. The van der Waals surface area contributed by atoms with E-state index in [0.29, 0.717) is 17.6 Å². The lowest BCUT2D eigenvalue weighted by Crippen LogP contribution is -2.35. The molecule has 6 heteroatoms. The minimum atomic E-state index is 0.619. The van der Waals surface area contributed by atoms with Crippen molar-refractivity contribution >= 4 is 0 Å². The van der Waals surface area contributed by atoms with Gasteiger partial charge in [-0.1, -0.05) is 11.2 Å². The Morgan fingerprint density at radius 2 is 2.15 bits per heavy atom. The molecule has 1 aliphatic heterocycles. The molecule has 1 fully saturated rings. The lowest BCUT2D eigenvalue weighted by molar-refractivity contribution is 0.158. The SMILES string of the molecule is c1ccc(CN2CCCC(CCc3nc(-c4cccnc4)no3)C2)nc1. The Hall–Kier alpha value is -2.60. The molecule has 0 bridgehead atoms. The lowest BCUT2D eigenvalue weighted by atomic mass is 9.93. The van der Waals surface area contributed by atoms with Crippen molar-refractivity contribution in [1.82, 2.24) is 25.0 Å². The van der Waals surface area contributed by atoms with Gasteiger partial charge >= 0.3 is 0 Å². The van der Waals surface area contributed by atoms with Crippen molar-refractivity contribution in [3.05, 3.63) is 60.5 Å². The van der Waals surface area contributed by atoms with Crippen molar-refractivity contribution in [2.24, 2.45) is 5.92 Å². The van der Waals surface area contributed by atoms with Gasteiger partial charge in [0.1, 0.15) is 0 Å². The Bertz CT molecular complexity index is 805. The largest absolute Gasteiger partial charge is 0.339 e. The van der Waals surface area contributed by atoms with E-state index in [1.807, 2.05) is 24.4 Å². The van der Waals surface area contributed by atoms with Crippen LogP contribution in [0.15, 0.2) is 53.4 Å². The first-order valence-corrected chi connectivity index (χ1v) is 9.22. The molecule has 134 valence electrons. The number of piperidine rings is 1. The third-order valence-electron chi connectivity index (χ3n) is 4.87. The number of hydrogen-bond acceptors (Lipinski definition) is 6. The Balaban J connectivity index is 1.30. The number of pyridine rings is 2. The number of aromatic nitrogens is 4. The van der Waals surface area contributed by atoms with Crippen molar-refractivity contribution < 1.29 is 4.52 Å². The molecule has 0 amide bonds. The highest BCUT2D eigenvalue weighted by molar-refractivity contribution is 5.51. The fraction of sp³-hybridized carbons (Fsp3) is 0.400. The summed E-state index contributed by atoms with van der Waals surface area (Å²) in [7, 11) is 0. The van der Waals surface area contributed by atoms with Crippen LogP contribution in [-0.4, -0.2) is 38.1 Å².